The first-order valence-electron chi connectivity index (χ1n) is 4.92. The van der Waals surface area contributed by atoms with E-state index in [1.165, 1.54) is 0 Å². The second-order valence-corrected chi connectivity index (χ2v) is 4.36. The quantitative estimate of drug-likeness (QED) is 0.818. The number of hydrogen-bond acceptors (Lipinski definition) is 4. The minimum Gasteiger partial charge on any atom is -0.371 e. The number of nitrogens with zero attached hydrogens (tertiary/aromatic N) is 1. The zero-order valence-electron chi connectivity index (χ0n) is 9.04. The van der Waals surface area contributed by atoms with Crippen molar-refractivity contribution in [3.8, 4) is 0 Å². The Labute approximate surface area is 89.3 Å². The average molecular weight is 214 g/mol. The van der Waals surface area contributed by atoms with Crippen LogP contribution in [0, 0.1) is 0 Å². The summed E-state index contributed by atoms with van der Waals surface area (Å²) in [5.74, 6) is 0. The highest BCUT2D eigenvalue weighted by Crippen LogP contribution is 2.34. The Morgan fingerprint density at radius 3 is 2.50 bits per heavy atom. The van der Waals surface area contributed by atoms with Gasteiger partial charge in [-0.2, -0.15) is 0 Å². The largest absolute Gasteiger partial charge is 0.371 e. The van der Waals surface area contributed by atoms with E-state index in [1.54, 1.807) is 18.4 Å². The van der Waals surface area contributed by atoms with Gasteiger partial charge < -0.3 is 10.5 Å². The molecule has 0 aromatic carbocycles. The van der Waals surface area contributed by atoms with Crippen LogP contribution in [-0.4, -0.2) is 12.1 Å². The maximum atomic E-state index is 5.59. The Morgan fingerprint density at radius 1 is 1.50 bits per heavy atom. The number of thiazole rings is 1. The first-order valence-corrected chi connectivity index (χ1v) is 5.74. The lowest BCUT2D eigenvalue weighted by atomic mass is 9.98. The van der Waals surface area contributed by atoms with Gasteiger partial charge in [0.2, 0.25) is 0 Å². The van der Waals surface area contributed by atoms with Gasteiger partial charge in [-0.3, -0.25) is 0 Å². The van der Waals surface area contributed by atoms with Gasteiger partial charge in [-0.05, 0) is 12.8 Å². The summed E-state index contributed by atoms with van der Waals surface area (Å²) < 4.78 is 5.59. The zero-order valence-corrected chi connectivity index (χ0v) is 9.86. The van der Waals surface area contributed by atoms with E-state index < -0.39 is 0 Å². The summed E-state index contributed by atoms with van der Waals surface area (Å²) in [6, 6.07) is 0. The Kier molecular flexibility index (Phi) is 4.04. The molecule has 0 aliphatic carbocycles. The molecule has 1 aromatic rings. The molecular weight excluding hydrogens is 196 g/mol. The summed E-state index contributed by atoms with van der Waals surface area (Å²) in [7, 11) is 1.75. The smallest absolute Gasteiger partial charge is 0.125 e. The Hall–Kier alpha value is -0.450. The molecule has 0 saturated heterocycles. The van der Waals surface area contributed by atoms with Crippen molar-refractivity contribution in [2.24, 2.45) is 5.73 Å². The van der Waals surface area contributed by atoms with Crippen LogP contribution in [0.2, 0.25) is 0 Å². The van der Waals surface area contributed by atoms with Crippen molar-refractivity contribution in [1.29, 1.82) is 0 Å². The van der Waals surface area contributed by atoms with Crippen molar-refractivity contribution >= 4 is 11.3 Å². The molecular formula is C10H18N2OS. The van der Waals surface area contributed by atoms with Crippen LogP contribution in [0.4, 0.5) is 0 Å². The van der Waals surface area contributed by atoms with Gasteiger partial charge in [0, 0.05) is 24.7 Å². The molecule has 1 heterocycles. The van der Waals surface area contributed by atoms with Crippen molar-refractivity contribution in [3.05, 3.63) is 16.1 Å². The van der Waals surface area contributed by atoms with Gasteiger partial charge in [-0.1, -0.05) is 13.8 Å². The predicted molar refractivity (Wildman–Crippen MR) is 59.3 cm³/mol. The fourth-order valence-electron chi connectivity index (χ4n) is 1.54. The Bertz CT molecular complexity index is 273. The van der Waals surface area contributed by atoms with Crippen LogP contribution in [0.15, 0.2) is 6.20 Å². The summed E-state index contributed by atoms with van der Waals surface area (Å²) in [6.07, 6.45) is 3.73. The van der Waals surface area contributed by atoms with E-state index in [-0.39, 0.29) is 5.60 Å². The minimum absolute atomic E-state index is 0.210. The third-order valence-corrected chi connectivity index (χ3v) is 3.88. The lowest BCUT2D eigenvalue weighted by Gasteiger charge is -2.27. The molecule has 0 bridgehead atoms. The van der Waals surface area contributed by atoms with Gasteiger partial charge in [0.1, 0.15) is 10.6 Å². The molecule has 1 rings (SSSR count). The van der Waals surface area contributed by atoms with Crippen LogP contribution < -0.4 is 5.73 Å². The molecule has 0 saturated carbocycles. The number of ether oxygens (including phenoxy) is 1. The standard InChI is InChI=1S/C10H18N2OS/c1-4-10(5-2,13-3)9-12-7-8(6-11)14-9/h7H,4-6,11H2,1-3H3. The molecule has 4 heteroatoms. The fraction of sp³-hybridized carbons (Fsp3) is 0.700. The highest BCUT2D eigenvalue weighted by Gasteiger charge is 2.31. The van der Waals surface area contributed by atoms with Crippen LogP contribution in [0.5, 0.6) is 0 Å². The lowest BCUT2D eigenvalue weighted by Crippen LogP contribution is -2.26. The number of methoxy groups -OCH3 is 1. The van der Waals surface area contributed by atoms with Gasteiger partial charge in [0.25, 0.3) is 0 Å². The molecule has 0 amide bonds. The highest BCUT2D eigenvalue weighted by atomic mass is 32.1. The van der Waals surface area contributed by atoms with E-state index in [0.29, 0.717) is 6.54 Å². The predicted octanol–water partition coefficient (Wildman–Crippen LogP) is 2.26. The maximum Gasteiger partial charge on any atom is 0.125 e. The number of rotatable bonds is 5. The van der Waals surface area contributed by atoms with E-state index >= 15 is 0 Å². The lowest BCUT2D eigenvalue weighted by molar-refractivity contribution is -0.0218. The molecule has 80 valence electrons. The van der Waals surface area contributed by atoms with Gasteiger partial charge in [0.05, 0.1) is 0 Å². The third-order valence-electron chi connectivity index (χ3n) is 2.68. The summed E-state index contributed by atoms with van der Waals surface area (Å²) in [5.41, 5.74) is 5.35. The topological polar surface area (TPSA) is 48.1 Å². The van der Waals surface area contributed by atoms with Crippen LogP contribution in [0.25, 0.3) is 0 Å². The molecule has 0 fully saturated rings. The average Bonchev–Trinajstić information content (AvgIpc) is 2.71. The Balaban J connectivity index is 2.98. The molecule has 3 nitrogen and oxygen atoms in total. The summed E-state index contributed by atoms with van der Waals surface area (Å²) >= 11 is 1.65. The highest BCUT2D eigenvalue weighted by molar-refractivity contribution is 7.11. The number of aromatic nitrogens is 1. The van der Waals surface area contributed by atoms with E-state index in [2.05, 4.69) is 18.8 Å². The van der Waals surface area contributed by atoms with E-state index in [9.17, 15) is 0 Å². The van der Waals surface area contributed by atoms with Crippen molar-refractivity contribution in [2.75, 3.05) is 7.11 Å². The van der Waals surface area contributed by atoms with Crippen molar-refractivity contribution < 1.29 is 4.74 Å². The summed E-state index contributed by atoms with van der Waals surface area (Å²) in [4.78, 5) is 5.50. The van der Waals surface area contributed by atoms with E-state index in [0.717, 1.165) is 22.7 Å². The Morgan fingerprint density at radius 2 is 2.14 bits per heavy atom. The van der Waals surface area contributed by atoms with Crippen molar-refractivity contribution in [1.82, 2.24) is 4.98 Å². The monoisotopic (exact) mass is 214 g/mol. The summed E-state index contributed by atoms with van der Waals surface area (Å²) in [6.45, 7) is 4.80. The molecule has 14 heavy (non-hydrogen) atoms. The van der Waals surface area contributed by atoms with Crippen molar-refractivity contribution in [2.45, 2.75) is 38.8 Å². The molecule has 0 unspecified atom stereocenters. The van der Waals surface area contributed by atoms with Crippen LogP contribution >= 0.6 is 11.3 Å². The van der Waals surface area contributed by atoms with E-state index in [4.69, 9.17) is 10.5 Å². The van der Waals surface area contributed by atoms with Crippen LogP contribution in [-0.2, 0) is 16.9 Å². The SMILES string of the molecule is CCC(CC)(OC)c1ncc(CN)s1. The second-order valence-electron chi connectivity index (χ2n) is 3.24. The van der Waals surface area contributed by atoms with Gasteiger partial charge in [0.15, 0.2) is 0 Å². The van der Waals surface area contributed by atoms with Gasteiger partial charge in [-0.15, -0.1) is 11.3 Å². The van der Waals surface area contributed by atoms with Gasteiger partial charge in [-0.25, -0.2) is 4.98 Å². The maximum absolute atomic E-state index is 5.59. The molecule has 0 spiro atoms. The van der Waals surface area contributed by atoms with Crippen molar-refractivity contribution in [3.63, 3.8) is 0 Å². The summed E-state index contributed by atoms with van der Waals surface area (Å²) in [5, 5.41) is 1.05. The first kappa shape index (κ1) is 11.6. The molecule has 1 aromatic heterocycles. The number of nitrogens with two attached hydrogens (primary N) is 1. The fourth-order valence-corrected chi connectivity index (χ4v) is 2.64. The minimum atomic E-state index is -0.210. The van der Waals surface area contributed by atoms with Crippen LogP contribution in [0.1, 0.15) is 36.6 Å². The molecule has 0 atom stereocenters. The zero-order chi connectivity index (χ0) is 10.6. The normalized spacial score (nSPS) is 12.0. The van der Waals surface area contributed by atoms with Crippen LogP contribution in [0.3, 0.4) is 0 Å². The van der Waals surface area contributed by atoms with Gasteiger partial charge >= 0.3 is 0 Å². The molecule has 0 aliphatic rings. The third kappa shape index (κ3) is 1.97. The first-order chi connectivity index (χ1) is 6.72. The molecule has 2 N–H and O–H groups in total. The second kappa shape index (κ2) is 4.87. The number of hydrogen-bond donors (Lipinski definition) is 1. The molecule has 0 aliphatic heterocycles. The van der Waals surface area contributed by atoms with E-state index in [1.807, 2.05) is 6.20 Å². The molecule has 0 radical (unpaired) electrons.